The first-order chi connectivity index (χ1) is 7.25. The summed E-state index contributed by atoms with van der Waals surface area (Å²) in [7, 11) is 1.78. The van der Waals surface area contributed by atoms with Gasteiger partial charge in [-0.05, 0) is 44.1 Å². The average Bonchev–Trinajstić information content (AvgIpc) is 2.21. The maximum Gasteiger partial charge on any atom is 0.0462 e. The Morgan fingerprint density at radius 1 is 1.13 bits per heavy atom. The monoisotopic (exact) mass is 213 g/mol. The van der Waals surface area contributed by atoms with E-state index in [9.17, 15) is 0 Å². The molecule has 0 saturated heterocycles. The molecule has 0 aromatic carbocycles. The summed E-state index contributed by atoms with van der Waals surface area (Å²) in [6.07, 6.45) is 6.65. The third-order valence-electron chi connectivity index (χ3n) is 3.70. The van der Waals surface area contributed by atoms with Crippen LogP contribution in [0.1, 0.15) is 46.0 Å². The van der Waals surface area contributed by atoms with Crippen LogP contribution in [0.15, 0.2) is 0 Å². The van der Waals surface area contributed by atoms with Crippen molar-refractivity contribution >= 4 is 0 Å². The SMILES string of the molecule is COCCCCNC1C(C)CCCC1C. The maximum absolute atomic E-state index is 5.05. The van der Waals surface area contributed by atoms with Gasteiger partial charge in [0.15, 0.2) is 0 Å². The fourth-order valence-electron chi connectivity index (χ4n) is 2.72. The van der Waals surface area contributed by atoms with Crippen LogP contribution in [-0.4, -0.2) is 26.3 Å². The molecule has 2 unspecified atom stereocenters. The van der Waals surface area contributed by atoms with Gasteiger partial charge in [-0.3, -0.25) is 0 Å². The molecule has 15 heavy (non-hydrogen) atoms. The van der Waals surface area contributed by atoms with Crippen LogP contribution in [-0.2, 0) is 4.74 Å². The highest BCUT2D eigenvalue weighted by Gasteiger charge is 2.26. The standard InChI is InChI=1S/C13H27NO/c1-11-7-6-8-12(2)13(11)14-9-4-5-10-15-3/h11-14H,4-10H2,1-3H3. The summed E-state index contributed by atoms with van der Waals surface area (Å²) in [5.41, 5.74) is 0. The summed E-state index contributed by atoms with van der Waals surface area (Å²) in [4.78, 5) is 0. The summed E-state index contributed by atoms with van der Waals surface area (Å²) in [5, 5.41) is 3.72. The fourth-order valence-corrected chi connectivity index (χ4v) is 2.72. The van der Waals surface area contributed by atoms with Crippen LogP contribution >= 0.6 is 0 Å². The molecular weight excluding hydrogens is 186 g/mol. The zero-order valence-electron chi connectivity index (χ0n) is 10.6. The van der Waals surface area contributed by atoms with Crippen LogP contribution < -0.4 is 5.32 Å². The molecule has 1 saturated carbocycles. The summed E-state index contributed by atoms with van der Waals surface area (Å²) < 4.78 is 5.05. The first kappa shape index (κ1) is 13.0. The smallest absolute Gasteiger partial charge is 0.0462 e. The van der Waals surface area contributed by atoms with Gasteiger partial charge in [0, 0.05) is 19.8 Å². The second-order valence-electron chi connectivity index (χ2n) is 5.07. The quantitative estimate of drug-likeness (QED) is 0.685. The van der Waals surface area contributed by atoms with Crippen LogP contribution in [0, 0.1) is 11.8 Å². The number of nitrogens with one attached hydrogen (secondary N) is 1. The number of ether oxygens (including phenoxy) is 1. The van der Waals surface area contributed by atoms with Gasteiger partial charge < -0.3 is 10.1 Å². The van der Waals surface area contributed by atoms with Crippen molar-refractivity contribution in [3.63, 3.8) is 0 Å². The van der Waals surface area contributed by atoms with Gasteiger partial charge in [-0.25, -0.2) is 0 Å². The van der Waals surface area contributed by atoms with Crippen LogP contribution in [0.4, 0.5) is 0 Å². The number of methoxy groups -OCH3 is 1. The molecule has 1 aliphatic carbocycles. The summed E-state index contributed by atoms with van der Waals surface area (Å²) >= 11 is 0. The van der Waals surface area contributed by atoms with E-state index in [1.165, 1.54) is 32.1 Å². The van der Waals surface area contributed by atoms with Crippen LogP contribution in [0.5, 0.6) is 0 Å². The number of hydrogen-bond donors (Lipinski definition) is 1. The van der Waals surface area contributed by atoms with Gasteiger partial charge in [0.2, 0.25) is 0 Å². The lowest BCUT2D eigenvalue weighted by atomic mass is 9.79. The minimum Gasteiger partial charge on any atom is -0.385 e. The Morgan fingerprint density at radius 2 is 1.80 bits per heavy atom. The van der Waals surface area contributed by atoms with E-state index in [0.717, 1.165) is 31.0 Å². The zero-order chi connectivity index (χ0) is 11.1. The predicted molar refractivity (Wildman–Crippen MR) is 65.1 cm³/mol. The molecule has 1 fully saturated rings. The molecule has 0 amide bonds. The topological polar surface area (TPSA) is 21.3 Å². The first-order valence-electron chi connectivity index (χ1n) is 6.48. The summed E-state index contributed by atoms with van der Waals surface area (Å²) in [6.45, 7) is 6.84. The number of unbranched alkanes of at least 4 members (excludes halogenated alkanes) is 1. The van der Waals surface area contributed by atoms with Crippen molar-refractivity contribution in [2.24, 2.45) is 11.8 Å². The molecule has 1 aliphatic rings. The van der Waals surface area contributed by atoms with Crippen LogP contribution in [0.3, 0.4) is 0 Å². The van der Waals surface area contributed by atoms with E-state index in [2.05, 4.69) is 19.2 Å². The Morgan fingerprint density at radius 3 is 2.40 bits per heavy atom. The minimum atomic E-state index is 0.751. The largest absolute Gasteiger partial charge is 0.385 e. The molecule has 2 nitrogen and oxygen atoms in total. The van der Waals surface area contributed by atoms with E-state index in [0.29, 0.717) is 0 Å². The van der Waals surface area contributed by atoms with Crippen molar-refractivity contribution in [3.05, 3.63) is 0 Å². The Kier molecular flexibility index (Phi) is 6.26. The molecule has 0 aliphatic heterocycles. The molecule has 0 aromatic rings. The Hall–Kier alpha value is -0.0800. The normalized spacial score (nSPS) is 31.8. The average molecular weight is 213 g/mol. The van der Waals surface area contributed by atoms with Gasteiger partial charge >= 0.3 is 0 Å². The highest BCUT2D eigenvalue weighted by molar-refractivity contribution is 4.83. The van der Waals surface area contributed by atoms with E-state index in [1.54, 1.807) is 7.11 Å². The first-order valence-corrected chi connectivity index (χ1v) is 6.48. The predicted octanol–water partition coefficient (Wildman–Crippen LogP) is 2.83. The minimum absolute atomic E-state index is 0.751. The van der Waals surface area contributed by atoms with Crippen molar-refractivity contribution in [2.75, 3.05) is 20.3 Å². The molecule has 0 heterocycles. The third kappa shape index (κ3) is 4.52. The van der Waals surface area contributed by atoms with E-state index in [-0.39, 0.29) is 0 Å². The number of hydrogen-bond acceptors (Lipinski definition) is 2. The van der Waals surface area contributed by atoms with E-state index < -0.39 is 0 Å². The van der Waals surface area contributed by atoms with Crippen molar-refractivity contribution in [1.29, 1.82) is 0 Å². The van der Waals surface area contributed by atoms with Crippen molar-refractivity contribution < 1.29 is 4.74 Å². The van der Waals surface area contributed by atoms with Crippen molar-refractivity contribution in [1.82, 2.24) is 5.32 Å². The molecule has 0 aromatic heterocycles. The van der Waals surface area contributed by atoms with Gasteiger partial charge in [-0.2, -0.15) is 0 Å². The molecular formula is C13H27NO. The highest BCUT2D eigenvalue weighted by Crippen LogP contribution is 2.28. The molecule has 2 heteroatoms. The molecule has 0 spiro atoms. The Labute approximate surface area is 94.8 Å². The maximum atomic E-state index is 5.05. The van der Waals surface area contributed by atoms with Crippen molar-refractivity contribution in [2.45, 2.75) is 52.0 Å². The highest BCUT2D eigenvalue weighted by atomic mass is 16.5. The molecule has 2 atom stereocenters. The second-order valence-corrected chi connectivity index (χ2v) is 5.07. The molecule has 1 N–H and O–H groups in total. The molecule has 1 rings (SSSR count). The Bertz CT molecular complexity index is 151. The lowest BCUT2D eigenvalue weighted by molar-refractivity contribution is 0.185. The van der Waals surface area contributed by atoms with Gasteiger partial charge in [-0.15, -0.1) is 0 Å². The fraction of sp³-hybridized carbons (Fsp3) is 1.00. The summed E-state index contributed by atoms with van der Waals surface area (Å²) in [6, 6.07) is 0.751. The van der Waals surface area contributed by atoms with E-state index in [4.69, 9.17) is 4.74 Å². The van der Waals surface area contributed by atoms with E-state index >= 15 is 0 Å². The molecule has 0 radical (unpaired) electrons. The lowest BCUT2D eigenvalue weighted by Gasteiger charge is -2.35. The summed E-state index contributed by atoms with van der Waals surface area (Å²) in [5.74, 6) is 1.72. The molecule has 0 bridgehead atoms. The van der Waals surface area contributed by atoms with Crippen molar-refractivity contribution in [3.8, 4) is 0 Å². The van der Waals surface area contributed by atoms with Gasteiger partial charge in [-0.1, -0.05) is 20.3 Å². The van der Waals surface area contributed by atoms with E-state index in [1.807, 2.05) is 0 Å². The zero-order valence-corrected chi connectivity index (χ0v) is 10.6. The van der Waals surface area contributed by atoms with Gasteiger partial charge in [0.25, 0.3) is 0 Å². The second kappa shape index (κ2) is 7.24. The third-order valence-corrected chi connectivity index (χ3v) is 3.70. The molecule has 90 valence electrons. The number of rotatable bonds is 6. The van der Waals surface area contributed by atoms with Gasteiger partial charge in [0.05, 0.1) is 0 Å². The lowest BCUT2D eigenvalue weighted by Crippen LogP contribution is -2.43. The van der Waals surface area contributed by atoms with Crippen LogP contribution in [0.25, 0.3) is 0 Å². The van der Waals surface area contributed by atoms with Crippen LogP contribution in [0.2, 0.25) is 0 Å². The van der Waals surface area contributed by atoms with Gasteiger partial charge in [0.1, 0.15) is 0 Å². The Balaban J connectivity index is 2.12.